The predicted molar refractivity (Wildman–Crippen MR) is 89.0 cm³/mol. The van der Waals surface area contributed by atoms with Crippen LogP contribution >= 0.6 is 0 Å². The number of carbonyl (C=O) groups excluding carboxylic acids is 1. The van der Waals surface area contributed by atoms with Crippen LogP contribution in [0.3, 0.4) is 0 Å². The third-order valence-corrected chi connectivity index (χ3v) is 4.31. The van der Waals surface area contributed by atoms with Gasteiger partial charge in [-0.3, -0.25) is 14.2 Å². The topological polar surface area (TPSA) is 55.2 Å². The van der Waals surface area contributed by atoms with Crippen molar-refractivity contribution in [3.8, 4) is 5.69 Å². The van der Waals surface area contributed by atoms with Gasteiger partial charge in [-0.05, 0) is 31.2 Å². The van der Waals surface area contributed by atoms with Crippen LogP contribution < -0.4 is 10.5 Å². The van der Waals surface area contributed by atoms with E-state index >= 15 is 0 Å². The zero-order chi connectivity index (χ0) is 16.0. The lowest BCUT2D eigenvalue weighted by Gasteiger charge is -2.23. The molecule has 2 aromatic carbocycles. The number of benzene rings is 2. The van der Waals surface area contributed by atoms with E-state index in [1.807, 2.05) is 49.4 Å². The zero-order valence-corrected chi connectivity index (χ0v) is 12.6. The van der Waals surface area contributed by atoms with Gasteiger partial charge in [0.05, 0.1) is 22.3 Å². The second-order valence-corrected chi connectivity index (χ2v) is 5.74. The first-order chi connectivity index (χ1) is 11.2. The smallest absolute Gasteiger partial charge is 0.266 e. The number of rotatable bonds is 1. The summed E-state index contributed by atoms with van der Waals surface area (Å²) in [6.45, 7) is 1.96. The fourth-order valence-corrected chi connectivity index (χ4v) is 3.20. The Morgan fingerprint density at radius 1 is 1.09 bits per heavy atom. The number of aromatic nitrogens is 2. The van der Waals surface area contributed by atoms with Crippen LogP contribution in [0, 0.1) is 0 Å². The Hall–Kier alpha value is -2.95. The number of para-hydroxylation sites is 3. The van der Waals surface area contributed by atoms with Crippen molar-refractivity contribution in [2.75, 3.05) is 4.90 Å². The minimum Gasteiger partial charge on any atom is -0.310 e. The molecule has 1 amide bonds. The molecular formula is C18H15N3O2. The Morgan fingerprint density at radius 2 is 1.78 bits per heavy atom. The number of carbonyl (C=O) groups is 1. The second kappa shape index (κ2) is 5.05. The maximum atomic E-state index is 13.0. The largest absolute Gasteiger partial charge is 0.310 e. The van der Waals surface area contributed by atoms with Gasteiger partial charge in [-0.2, -0.15) is 0 Å². The van der Waals surface area contributed by atoms with Crippen LogP contribution in [0.5, 0.6) is 0 Å². The highest BCUT2D eigenvalue weighted by Gasteiger charge is 2.26. The zero-order valence-electron chi connectivity index (χ0n) is 12.6. The van der Waals surface area contributed by atoms with Gasteiger partial charge in [-0.1, -0.05) is 24.3 Å². The highest BCUT2D eigenvalue weighted by atomic mass is 16.1. The van der Waals surface area contributed by atoms with Crippen molar-refractivity contribution < 1.29 is 4.79 Å². The van der Waals surface area contributed by atoms with Crippen molar-refractivity contribution in [1.82, 2.24) is 9.55 Å². The third-order valence-electron chi connectivity index (χ3n) is 4.31. The number of hydrogen-bond acceptors (Lipinski definition) is 3. The van der Waals surface area contributed by atoms with E-state index in [0.29, 0.717) is 28.8 Å². The van der Waals surface area contributed by atoms with Gasteiger partial charge in [-0.15, -0.1) is 0 Å². The molecule has 5 heteroatoms. The van der Waals surface area contributed by atoms with Crippen molar-refractivity contribution in [3.63, 3.8) is 0 Å². The van der Waals surface area contributed by atoms with Crippen LogP contribution in [0.2, 0.25) is 0 Å². The summed E-state index contributed by atoms with van der Waals surface area (Å²) in [6.07, 6.45) is 1.34. The lowest BCUT2D eigenvalue weighted by Crippen LogP contribution is -2.32. The standard InChI is InChI=1S/C18H15N3O2/c1-12-10-17-19-14-7-3-2-6-13(14)18(23)21(17)16-9-5-4-8-15(16)20(12)11-22/h2-9,11-12H,10H2,1H3. The summed E-state index contributed by atoms with van der Waals surface area (Å²) in [5, 5.41) is 0.582. The Labute approximate surface area is 132 Å². The lowest BCUT2D eigenvalue weighted by atomic mass is 10.2. The molecule has 23 heavy (non-hydrogen) atoms. The fraction of sp³-hybridized carbons (Fsp3) is 0.167. The number of hydrogen-bond donors (Lipinski definition) is 0. The molecule has 1 aliphatic rings. The molecule has 1 unspecified atom stereocenters. The molecule has 0 radical (unpaired) electrons. The van der Waals surface area contributed by atoms with E-state index in [-0.39, 0.29) is 11.6 Å². The fourth-order valence-electron chi connectivity index (χ4n) is 3.20. The monoisotopic (exact) mass is 305 g/mol. The Balaban J connectivity index is 2.14. The van der Waals surface area contributed by atoms with Gasteiger partial charge in [0.1, 0.15) is 5.82 Å². The number of anilines is 1. The van der Waals surface area contributed by atoms with Crippen LogP contribution in [0.4, 0.5) is 5.69 Å². The molecule has 0 saturated carbocycles. The van der Waals surface area contributed by atoms with Gasteiger partial charge in [0.25, 0.3) is 5.56 Å². The summed E-state index contributed by atoms with van der Waals surface area (Å²) in [5.74, 6) is 0.679. The summed E-state index contributed by atoms with van der Waals surface area (Å²) in [5.41, 5.74) is 2.01. The summed E-state index contributed by atoms with van der Waals surface area (Å²) < 4.78 is 1.64. The maximum absolute atomic E-state index is 13.0. The van der Waals surface area contributed by atoms with E-state index in [1.54, 1.807) is 15.5 Å². The van der Waals surface area contributed by atoms with Crippen LogP contribution in [0.15, 0.2) is 53.3 Å². The third kappa shape index (κ3) is 1.97. The number of nitrogens with zero attached hydrogens (tertiary/aromatic N) is 3. The molecule has 0 N–H and O–H groups in total. The minimum absolute atomic E-state index is 0.0736. The molecule has 0 fully saturated rings. The molecule has 1 atom stereocenters. The molecule has 1 aromatic heterocycles. The number of amides is 1. The first-order valence-corrected chi connectivity index (χ1v) is 7.54. The van der Waals surface area contributed by atoms with Gasteiger partial charge in [0.15, 0.2) is 0 Å². The minimum atomic E-state index is -0.0991. The molecule has 1 aliphatic heterocycles. The molecule has 0 spiro atoms. The van der Waals surface area contributed by atoms with Gasteiger partial charge >= 0.3 is 0 Å². The Kier molecular flexibility index (Phi) is 3.01. The molecule has 0 saturated heterocycles. The second-order valence-electron chi connectivity index (χ2n) is 5.74. The van der Waals surface area contributed by atoms with Crippen molar-refractivity contribution in [3.05, 3.63) is 64.7 Å². The molecular weight excluding hydrogens is 290 g/mol. The van der Waals surface area contributed by atoms with Crippen LogP contribution in [-0.4, -0.2) is 22.0 Å². The van der Waals surface area contributed by atoms with Gasteiger partial charge < -0.3 is 4.90 Å². The highest BCUT2D eigenvalue weighted by Crippen LogP contribution is 2.29. The van der Waals surface area contributed by atoms with Crippen LogP contribution in [0.1, 0.15) is 12.7 Å². The summed E-state index contributed by atoms with van der Waals surface area (Å²) in [6, 6.07) is 14.7. The van der Waals surface area contributed by atoms with Gasteiger partial charge in [0.2, 0.25) is 6.41 Å². The first kappa shape index (κ1) is 13.7. The van der Waals surface area contributed by atoms with E-state index in [4.69, 9.17) is 0 Å². The Bertz CT molecular complexity index is 977. The van der Waals surface area contributed by atoms with Crippen LogP contribution in [0.25, 0.3) is 16.6 Å². The average Bonchev–Trinajstić information content (AvgIpc) is 2.68. The van der Waals surface area contributed by atoms with Crippen molar-refractivity contribution in [2.24, 2.45) is 0 Å². The lowest BCUT2D eigenvalue weighted by molar-refractivity contribution is -0.107. The van der Waals surface area contributed by atoms with E-state index < -0.39 is 0 Å². The molecule has 0 aliphatic carbocycles. The van der Waals surface area contributed by atoms with Gasteiger partial charge in [0, 0.05) is 12.5 Å². The normalized spacial score (nSPS) is 16.6. The van der Waals surface area contributed by atoms with Crippen LogP contribution in [-0.2, 0) is 11.2 Å². The molecule has 5 nitrogen and oxygen atoms in total. The van der Waals surface area contributed by atoms with E-state index in [1.165, 1.54) is 0 Å². The van der Waals surface area contributed by atoms with Crippen molar-refractivity contribution in [1.29, 1.82) is 0 Å². The summed E-state index contributed by atoms with van der Waals surface area (Å²) >= 11 is 0. The van der Waals surface area contributed by atoms with Crippen molar-refractivity contribution >= 4 is 23.0 Å². The molecule has 2 heterocycles. The quantitative estimate of drug-likeness (QED) is 0.648. The first-order valence-electron chi connectivity index (χ1n) is 7.54. The SMILES string of the molecule is CC1Cc2nc3ccccc3c(=O)n2-c2ccccc2N1C=O. The average molecular weight is 305 g/mol. The van der Waals surface area contributed by atoms with Gasteiger partial charge in [-0.25, -0.2) is 4.98 Å². The number of fused-ring (bicyclic) bond motifs is 4. The molecule has 0 bridgehead atoms. The maximum Gasteiger partial charge on any atom is 0.266 e. The van der Waals surface area contributed by atoms with Crippen molar-refractivity contribution in [2.45, 2.75) is 19.4 Å². The molecule has 114 valence electrons. The van der Waals surface area contributed by atoms with E-state index in [9.17, 15) is 9.59 Å². The highest BCUT2D eigenvalue weighted by molar-refractivity contribution is 5.83. The summed E-state index contributed by atoms with van der Waals surface area (Å²) in [7, 11) is 0. The van der Waals surface area contributed by atoms with E-state index in [0.717, 1.165) is 12.1 Å². The molecule has 3 aromatic rings. The summed E-state index contributed by atoms with van der Waals surface area (Å²) in [4.78, 5) is 30.9. The predicted octanol–water partition coefficient (Wildman–Crippen LogP) is 2.29. The molecule has 4 rings (SSSR count). The van der Waals surface area contributed by atoms with E-state index in [2.05, 4.69) is 4.98 Å². The Morgan fingerprint density at radius 3 is 2.57 bits per heavy atom.